The van der Waals surface area contributed by atoms with Gasteiger partial charge in [-0.25, -0.2) is 8.78 Å². The molecule has 2 aliphatic carbocycles. The molecular weight excluding hydrogens is 723 g/mol. The van der Waals surface area contributed by atoms with E-state index in [1.54, 1.807) is 0 Å². The molecule has 2 aromatic rings. The predicted molar refractivity (Wildman–Crippen MR) is 156 cm³/mol. The molecule has 0 N–H and O–H groups in total. The quantitative estimate of drug-likeness (QED) is 0.103. The van der Waals surface area contributed by atoms with Crippen LogP contribution in [0.4, 0.5) is 35.1 Å². The SMILES string of the molecule is CC(F)OC1=C(Cl)C(OC2C=CC(c3ccccc3C(F)(F)F)([N+](=O)[O-])C(OC(C)F)=C2Cl)C=CC1(c1ccccc1C(F)(F)F)[N+](=O)[O-]. The van der Waals surface area contributed by atoms with Gasteiger partial charge in [-0.15, -0.1) is 0 Å². The Balaban J connectivity index is 1.89. The fraction of sp³-hybridized carbons (Fsp3) is 0.333. The highest BCUT2D eigenvalue weighted by Gasteiger charge is 2.59. The molecule has 0 bridgehead atoms. The van der Waals surface area contributed by atoms with E-state index in [1.807, 2.05) is 0 Å². The first kappa shape index (κ1) is 37.6. The zero-order valence-corrected chi connectivity index (χ0v) is 26.3. The van der Waals surface area contributed by atoms with Crippen molar-refractivity contribution < 1.29 is 59.2 Å². The first-order valence-corrected chi connectivity index (χ1v) is 14.5. The molecule has 6 atom stereocenters. The molecule has 264 valence electrons. The zero-order valence-electron chi connectivity index (χ0n) is 24.8. The summed E-state index contributed by atoms with van der Waals surface area (Å²) >= 11 is 12.8. The molecule has 19 heteroatoms. The lowest BCUT2D eigenvalue weighted by molar-refractivity contribution is -0.559. The molecule has 0 aliphatic heterocycles. The number of halogens is 10. The molecular formula is C30H22Cl2F8N2O7. The Morgan fingerprint density at radius 2 is 1.02 bits per heavy atom. The average Bonchev–Trinajstić information content (AvgIpc) is 3.00. The average molecular weight is 745 g/mol. The highest BCUT2D eigenvalue weighted by molar-refractivity contribution is 6.31. The molecule has 0 saturated heterocycles. The number of alkyl halides is 8. The van der Waals surface area contributed by atoms with Crippen molar-refractivity contribution in [1.82, 2.24) is 0 Å². The van der Waals surface area contributed by atoms with Gasteiger partial charge in [0.25, 0.3) is 0 Å². The van der Waals surface area contributed by atoms with E-state index in [0.717, 1.165) is 62.4 Å². The number of nitrogens with zero attached hydrogens (tertiary/aromatic N) is 2. The van der Waals surface area contributed by atoms with Gasteiger partial charge in [-0.2, -0.15) is 26.3 Å². The number of ether oxygens (including phenoxy) is 3. The van der Waals surface area contributed by atoms with E-state index in [0.29, 0.717) is 24.3 Å². The van der Waals surface area contributed by atoms with Crippen molar-refractivity contribution in [2.75, 3.05) is 0 Å². The van der Waals surface area contributed by atoms with E-state index in [-0.39, 0.29) is 0 Å². The van der Waals surface area contributed by atoms with Gasteiger partial charge in [-0.1, -0.05) is 59.6 Å². The van der Waals surface area contributed by atoms with E-state index < -0.39 is 102 Å². The van der Waals surface area contributed by atoms with Crippen molar-refractivity contribution in [2.24, 2.45) is 0 Å². The smallest absolute Gasteiger partial charge is 0.416 e. The van der Waals surface area contributed by atoms with Crippen molar-refractivity contribution in [3.05, 3.63) is 137 Å². The first-order chi connectivity index (χ1) is 22.7. The van der Waals surface area contributed by atoms with E-state index >= 15 is 0 Å². The minimum absolute atomic E-state index is 0.546. The number of nitro groups is 2. The molecule has 4 rings (SSSR count). The third-order valence-electron chi connectivity index (χ3n) is 7.37. The van der Waals surface area contributed by atoms with Crippen LogP contribution in [0, 0.1) is 20.2 Å². The molecule has 0 saturated carbocycles. The zero-order chi connectivity index (χ0) is 36.7. The summed E-state index contributed by atoms with van der Waals surface area (Å²) in [5, 5.41) is 23.4. The van der Waals surface area contributed by atoms with Crippen LogP contribution < -0.4 is 0 Å². The lowest BCUT2D eigenvalue weighted by atomic mass is 9.80. The molecule has 2 aliphatic rings. The first-order valence-electron chi connectivity index (χ1n) is 13.8. The summed E-state index contributed by atoms with van der Waals surface area (Å²) in [6.07, 6.45) is -15.8. The number of rotatable bonds is 10. The van der Waals surface area contributed by atoms with E-state index in [9.17, 15) is 55.4 Å². The van der Waals surface area contributed by atoms with Crippen LogP contribution in [0.15, 0.2) is 94.4 Å². The van der Waals surface area contributed by atoms with E-state index in [4.69, 9.17) is 37.4 Å². The summed E-state index contributed by atoms with van der Waals surface area (Å²) in [7, 11) is 0. The second kappa shape index (κ2) is 13.6. The topological polar surface area (TPSA) is 114 Å². The number of benzene rings is 2. The molecule has 0 fully saturated rings. The van der Waals surface area contributed by atoms with Gasteiger partial charge < -0.3 is 14.2 Å². The monoisotopic (exact) mass is 744 g/mol. The fourth-order valence-corrected chi connectivity index (χ4v) is 6.04. The standard InChI is InChI=1S/C30H22Cl2F8N2O7/c1-15(33)47-25-23(31)21(11-13-27(25,41(43)44)17-7-3-5-9-19(17)29(35,36)37)49-22-12-14-28(42(45)46,26(24(22)32)48-16(2)34)18-8-4-6-10-20(18)30(38,39)40/h3-16,21-22H,1-2H3. The van der Waals surface area contributed by atoms with Crippen LogP contribution in [0.2, 0.25) is 0 Å². The van der Waals surface area contributed by atoms with Gasteiger partial charge in [0.2, 0.25) is 24.2 Å². The van der Waals surface area contributed by atoms with Gasteiger partial charge in [0.05, 0.1) is 32.3 Å². The van der Waals surface area contributed by atoms with Crippen LogP contribution in [0.25, 0.3) is 0 Å². The second-order valence-electron chi connectivity index (χ2n) is 10.5. The summed E-state index contributed by atoms with van der Waals surface area (Å²) in [4.78, 5) is 22.7. The van der Waals surface area contributed by atoms with Gasteiger partial charge in [-0.05, 0) is 24.3 Å². The van der Waals surface area contributed by atoms with Gasteiger partial charge >= 0.3 is 23.4 Å². The molecule has 2 aromatic carbocycles. The van der Waals surface area contributed by atoms with E-state index in [1.165, 1.54) is 0 Å². The Bertz CT molecular complexity index is 1630. The summed E-state index contributed by atoms with van der Waals surface area (Å²) < 4.78 is 128. The van der Waals surface area contributed by atoms with Crippen molar-refractivity contribution in [2.45, 2.75) is 62.2 Å². The third kappa shape index (κ3) is 6.83. The predicted octanol–water partition coefficient (Wildman–Crippen LogP) is 8.83. The van der Waals surface area contributed by atoms with Crippen LogP contribution >= 0.6 is 23.2 Å². The minimum Gasteiger partial charge on any atom is -0.455 e. The molecule has 0 spiro atoms. The maximum absolute atomic E-state index is 14.3. The maximum Gasteiger partial charge on any atom is 0.416 e. The summed E-state index contributed by atoms with van der Waals surface area (Å²) in [5.41, 5.74) is -11.1. The number of hydrogen-bond donors (Lipinski definition) is 0. The van der Waals surface area contributed by atoms with Gasteiger partial charge in [0.1, 0.15) is 12.2 Å². The summed E-state index contributed by atoms with van der Waals surface area (Å²) in [6.45, 7) is 1.51. The Kier molecular flexibility index (Phi) is 10.4. The normalized spacial score (nSPS) is 25.6. The molecule has 0 amide bonds. The van der Waals surface area contributed by atoms with E-state index in [2.05, 4.69) is 0 Å². The molecule has 9 nitrogen and oxygen atoms in total. The van der Waals surface area contributed by atoms with Crippen LogP contribution in [0.1, 0.15) is 36.1 Å². The summed E-state index contributed by atoms with van der Waals surface area (Å²) in [6, 6.07) is 6.64. The van der Waals surface area contributed by atoms with Gasteiger partial charge in [-0.3, -0.25) is 20.2 Å². The van der Waals surface area contributed by atoms with Crippen molar-refractivity contribution in [1.29, 1.82) is 0 Å². The Morgan fingerprint density at radius 1 is 0.694 bits per heavy atom. The van der Waals surface area contributed by atoms with Gasteiger partial charge in [0, 0.05) is 35.8 Å². The van der Waals surface area contributed by atoms with Crippen molar-refractivity contribution >= 4 is 23.2 Å². The fourth-order valence-electron chi connectivity index (χ4n) is 5.42. The second-order valence-corrected chi connectivity index (χ2v) is 11.3. The molecule has 6 unspecified atom stereocenters. The molecule has 0 heterocycles. The Hall–Kier alpha value is -4.22. The van der Waals surface area contributed by atoms with Crippen LogP contribution in [0.3, 0.4) is 0 Å². The van der Waals surface area contributed by atoms with Crippen LogP contribution in [-0.2, 0) is 37.6 Å². The largest absolute Gasteiger partial charge is 0.455 e. The Labute approximate surface area is 281 Å². The van der Waals surface area contributed by atoms with Crippen LogP contribution in [0.5, 0.6) is 0 Å². The Morgan fingerprint density at radius 3 is 1.31 bits per heavy atom. The highest BCUT2D eigenvalue weighted by Crippen LogP contribution is 2.50. The number of hydrogen-bond acceptors (Lipinski definition) is 7. The van der Waals surface area contributed by atoms with Gasteiger partial charge in [0.15, 0.2) is 0 Å². The summed E-state index contributed by atoms with van der Waals surface area (Å²) in [5.74, 6) is -2.27. The van der Waals surface area contributed by atoms with Crippen LogP contribution in [-0.4, -0.2) is 34.8 Å². The third-order valence-corrected chi connectivity index (χ3v) is 8.14. The lowest BCUT2D eigenvalue weighted by Gasteiger charge is -2.35. The highest BCUT2D eigenvalue weighted by atomic mass is 35.5. The van der Waals surface area contributed by atoms with Crippen molar-refractivity contribution in [3.8, 4) is 0 Å². The lowest BCUT2D eigenvalue weighted by Crippen LogP contribution is -2.44. The molecule has 0 aromatic heterocycles. The minimum atomic E-state index is -5.14. The molecule has 49 heavy (non-hydrogen) atoms. The molecule has 0 radical (unpaired) electrons. The maximum atomic E-state index is 14.3. The van der Waals surface area contributed by atoms with Crippen molar-refractivity contribution in [3.63, 3.8) is 0 Å².